The van der Waals surface area contributed by atoms with Crippen LogP contribution in [0.25, 0.3) is 0 Å². The highest BCUT2D eigenvalue weighted by molar-refractivity contribution is 5.33. The van der Waals surface area contributed by atoms with E-state index in [-0.39, 0.29) is 12.0 Å². The molecule has 1 saturated heterocycles. The zero-order chi connectivity index (χ0) is 12.5. The summed E-state index contributed by atoms with van der Waals surface area (Å²) in [5.74, 6) is 0.653. The van der Waals surface area contributed by atoms with Crippen LogP contribution in [0.15, 0.2) is 6.20 Å². The first-order valence-electron chi connectivity index (χ1n) is 6.21. The van der Waals surface area contributed by atoms with Crippen LogP contribution < -0.4 is 9.64 Å². The normalized spacial score (nSPS) is 24.1. The van der Waals surface area contributed by atoms with Crippen LogP contribution in [0.3, 0.4) is 0 Å². The number of methoxy groups -OCH3 is 1. The van der Waals surface area contributed by atoms with Crippen molar-refractivity contribution in [2.24, 2.45) is 5.92 Å². The molecule has 98 valence electrons. The third-order valence-corrected chi connectivity index (χ3v) is 3.42. The molecule has 0 unspecified atom stereocenters. The molecule has 2 aliphatic rings. The number of rotatable bonds is 3. The highest BCUT2D eigenvalue weighted by Gasteiger charge is 2.35. The van der Waals surface area contributed by atoms with Gasteiger partial charge in [-0.05, 0) is 18.8 Å². The van der Waals surface area contributed by atoms with Crippen LogP contribution in [0.4, 0.5) is 10.3 Å². The summed E-state index contributed by atoms with van der Waals surface area (Å²) in [6.07, 6.45) is 3.90. The van der Waals surface area contributed by atoms with Crippen LogP contribution >= 0.6 is 0 Å². The molecule has 0 N–H and O–H groups in total. The number of morpholine rings is 1. The van der Waals surface area contributed by atoms with Crippen molar-refractivity contribution in [2.45, 2.75) is 18.9 Å². The predicted molar refractivity (Wildman–Crippen MR) is 63.2 cm³/mol. The Morgan fingerprint density at radius 1 is 1.50 bits per heavy atom. The van der Waals surface area contributed by atoms with Gasteiger partial charge in [0.15, 0.2) is 0 Å². The Hall–Kier alpha value is -1.43. The minimum absolute atomic E-state index is 0.00513. The van der Waals surface area contributed by atoms with Gasteiger partial charge in [-0.15, -0.1) is 0 Å². The molecule has 1 aromatic rings. The van der Waals surface area contributed by atoms with Gasteiger partial charge in [0.05, 0.1) is 26.0 Å². The lowest BCUT2D eigenvalue weighted by molar-refractivity contribution is 0.0258. The van der Waals surface area contributed by atoms with Crippen LogP contribution in [0, 0.1) is 11.7 Å². The van der Waals surface area contributed by atoms with Crippen molar-refractivity contribution < 1.29 is 13.9 Å². The number of anilines is 1. The molecule has 3 rings (SSSR count). The van der Waals surface area contributed by atoms with Gasteiger partial charge in [-0.1, -0.05) is 0 Å². The fourth-order valence-corrected chi connectivity index (χ4v) is 2.25. The van der Waals surface area contributed by atoms with E-state index in [0.29, 0.717) is 18.5 Å². The van der Waals surface area contributed by atoms with E-state index in [1.165, 1.54) is 20.0 Å². The second-order valence-electron chi connectivity index (χ2n) is 4.72. The van der Waals surface area contributed by atoms with E-state index in [9.17, 15) is 4.39 Å². The Morgan fingerprint density at radius 2 is 2.33 bits per heavy atom. The summed E-state index contributed by atoms with van der Waals surface area (Å²) in [5, 5.41) is 0. The van der Waals surface area contributed by atoms with Gasteiger partial charge in [0.25, 0.3) is 5.88 Å². The van der Waals surface area contributed by atoms with Crippen LogP contribution in [0.2, 0.25) is 0 Å². The van der Waals surface area contributed by atoms with Gasteiger partial charge in [-0.3, -0.25) is 0 Å². The molecule has 0 aromatic carbocycles. The van der Waals surface area contributed by atoms with Crippen molar-refractivity contribution in [1.82, 2.24) is 9.97 Å². The van der Waals surface area contributed by atoms with Gasteiger partial charge in [-0.25, -0.2) is 4.98 Å². The van der Waals surface area contributed by atoms with E-state index >= 15 is 0 Å². The SMILES string of the molecule is COc1nc(N2CCO[C@H](C3CC3)C2)ncc1F. The molecule has 1 atom stereocenters. The van der Waals surface area contributed by atoms with Crippen molar-refractivity contribution in [2.75, 3.05) is 31.7 Å². The second-order valence-corrected chi connectivity index (χ2v) is 4.72. The van der Waals surface area contributed by atoms with E-state index in [4.69, 9.17) is 9.47 Å². The Morgan fingerprint density at radius 3 is 3.06 bits per heavy atom. The van der Waals surface area contributed by atoms with Crippen LogP contribution in [0.5, 0.6) is 5.88 Å². The summed E-state index contributed by atoms with van der Waals surface area (Å²) in [5.41, 5.74) is 0. The van der Waals surface area contributed by atoms with Gasteiger partial charge in [0, 0.05) is 13.1 Å². The lowest BCUT2D eigenvalue weighted by Gasteiger charge is -2.33. The monoisotopic (exact) mass is 253 g/mol. The first kappa shape index (κ1) is 11.6. The first-order chi connectivity index (χ1) is 8.78. The third kappa shape index (κ3) is 2.25. The van der Waals surface area contributed by atoms with Crippen LogP contribution in [0.1, 0.15) is 12.8 Å². The summed E-state index contributed by atoms with van der Waals surface area (Å²) in [6.45, 7) is 2.18. The van der Waals surface area contributed by atoms with Gasteiger partial charge in [-0.2, -0.15) is 9.37 Å². The average molecular weight is 253 g/mol. The molecule has 18 heavy (non-hydrogen) atoms. The van der Waals surface area contributed by atoms with Gasteiger partial charge >= 0.3 is 0 Å². The maximum atomic E-state index is 13.3. The zero-order valence-electron chi connectivity index (χ0n) is 10.3. The Balaban J connectivity index is 1.76. The molecule has 1 aliphatic heterocycles. The maximum absolute atomic E-state index is 13.3. The molecule has 1 aliphatic carbocycles. The predicted octanol–water partition coefficient (Wildman–Crippen LogP) is 1.24. The van der Waals surface area contributed by atoms with Crippen molar-refractivity contribution in [3.63, 3.8) is 0 Å². The van der Waals surface area contributed by atoms with E-state index < -0.39 is 5.82 Å². The molecule has 2 fully saturated rings. The number of aromatic nitrogens is 2. The minimum atomic E-state index is -0.534. The second kappa shape index (κ2) is 4.68. The number of ether oxygens (including phenoxy) is 2. The largest absolute Gasteiger partial charge is 0.479 e. The van der Waals surface area contributed by atoms with Crippen molar-refractivity contribution in [1.29, 1.82) is 0 Å². The fourth-order valence-electron chi connectivity index (χ4n) is 2.25. The Kier molecular flexibility index (Phi) is 3.03. The molecule has 1 saturated carbocycles. The summed E-state index contributed by atoms with van der Waals surface area (Å²) in [4.78, 5) is 10.2. The molecule has 0 bridgehead atoms. The molecular weight excluding hydrogens is 237 g/mol. The number of hydrogen-bond acceptors (Lipinski definition) is 5. The van der Waals surface area contributed by atoms with Gasteiger partial charge in [0.1, 0.15) is 0 Å². The Labute approximate surface area is 105 Å². The molecule has 1 aromatic heterocycles. The van der Waals surface area contributed by atoms with E-state index in [1.807, 2.05) is 4.90 Å². The molecule has 0 amide bonds. The Bertz CT molecular complexity index is 439. The number of halogens is 1. The number of nitrogens with zero attached hydrogens (tertiary/aromatic N) is 3. The zero-order valence-corrected chi connectivity index (χ0v) is 10.3. The summed E-state index contributed by atoms with van der Waals surface area (Å²) in [6, 6.07) is 0. The molecule has 2 heterocycles. The molecule has 0 spiro atoms. The fraction of sp³-hybridized carbons (Fsp3) is 0.667. The van der Waals surface area contributed by atoms with Crippen molar-refractivity contribution in [3.8, 4) is 5.88 Å². The summed E-state index contributed by atoms with van der Waals surface area (Å²) >= 11 is 0. The topological polar surface area (TPSA) is 47.5 Å². The van der Waals surface area contributed by atoms with Crippen molar-refractivity contribution in [3.05, 3.63) is 12.0 Å². The maximum Gasteiger partial charge on any atom is 0.255 e. The molecule has 6 heteroatoms. The number of hydrogen-bond donors (Lipinski definition) is 0. The molecular formula is C12H16FN3O2. The summed E-state index contributed by atoms with van der Waals surface area (Å²) in [7, 11) is 1.40. The van der Waals surface area contributed by atoms with Gasteiger partial charge in [0.2, 0.25) is 11.8 Å². The quantitative estimate of drug-likeness (QED) is 0.811. The van der Waals surface area contributed by atoms with Gasteiger partial charge < -0.3 is 14.4 Å². The van der Waals surface area contributed by atoms with E-state index in [2.05, 4.69) is 9.97 Å². The molecule has 0 radical (unpaired) electrons. The highest BCUT2D eigenvalue weighted by Crippen LogP contribution is 2.36. The van der Waals surface area contributed by atoms with E-state index in [0.717, 1.165) is 19.3 Å². The summed E-state index contributed by atoms with van der Waals surface area (Å²) < 4.78 is 23.9. The van der Waals surface area contributed by atoms with Crippen molar-refractivity contribution >= 4 is 5.95 Å². The lowest BCUT2D eigenvalue weighted by atomic mass is 10.2. The lowest BCUT2D eigenvalue weighted by Crippen LogP contribution is -2.44. The smallest absolute Gasteiger partial charge is 0.255 e. The van der Waals surface area contributed by atoms with Crippen LogP contribution in [-0.2, 0) is 4.74 Å². The first-order valence-corrected chi connectivity index (χ1v) is 6.21. The van der Waals surface area contributed by atoms with E-state index in [1.54, 1.807) is 0 Å². The minimum Gasteiger partial charge on any atom is -0.479 e. The standard InChI is InChI=1S/C12H16FN3O2/c1-17-11-9(13)6-14-12(15-11)16-4-5-18-10(7-16)8-2-3-8/h6,8,10H,2-5,7H2,1H3/t10-/m0/s1. The van der Waals surface area contributed by atoms with Crippen LogP contribution in [-0.4, -0.2) is 42.9 Å². The third-order valence-electron chi connectivity index (χ3n) is 3.42. The average Bonchev–Trinajstić information content (AvgIpc) is 3.24. The highest BCUT2D eigenvalue weighted by atomic mass is 19.1. The molecule has 5 nitrogen and oxygen atoms in total.